The van der Waals surface area contributed by atoms with Gasteiger partial charge in [-0.1, -0.05) is 35.9 Å². The van der Waals surface area contributed by atoms with Gasteiger partial charge in [-0.15, -0.1) is 11.3 Å². The maximum absolute atomic E-state index is 12.6. The summed E-state index contributed by atoms with van der Waals surface area (Å²) in [6.45, 7) is 1.96. The highest BCUT2D eigenvalue weighted by Crippen LogP contribution is 2.31. The molecule has 0 aliphatic carbocycles. The van der Waals surface area contributed by atoms with E-state index in [4.69, 9.17) is 11.6 Å². The van der Waals surface area contributed by atoms with Crippen LogP contribution in [0.5, 0.6) is 0 Å². The highest BCUT2D eigenvalue weighted by Gasteiger charge is 2.16. The SMILES string of the molecule is Cc1nc2cc(-c3cnc(Cl)c(NS(=O)(=O)c4ccccc4)c3)ccc2s1. The van der Waals surface area contributed by atoms with E-state index in [2.05, 4.69) is 14.7 Å². The van der Waals surface area contributed by atoms with Crippen LogP contribution in [0.15, 0.2) is 65.7 Å². The van der Waals surface area contributed by atoms with Gasteiger partial charge in [0.15, 0.2) is 5.15 Å². The van der Waals surface area contributed by atoms with Crippen molar-refractivity contribution in [2.45, 2.75) is 11.8 Å². The van der Waals surface area contributed by atoms with E-state index < -0.39 is 10.0 Å². The Labute approximate surface area is 165 Å². The fraction of sp³-hybridized carbons (Fsp3) is 0.0526. The maximum Gasteiger partial charge on any atom is 0.261 e. The monoisotopic (exact) mass is 415 g/mol. The first-order chi connectivity index (χ1) is 12.9. The highest BCUT2D eigenvalue weighted by molar-refractivity contribution is 7.92. The number of aromatic nitrogens is 2. The van der Waals surface area contributed by atoms with Crippen LogP contribution in [0.2, 0.25) is 5.15 Å². The normalized spacial score (nSPS) is 11.6. The first-order valence-electron chi connectivity index (χ1n) is 8.03. The molecule has 27 heavy (non-hydrogen) atoms. The van der Waals surface area contributed by atoms with Crippen molar-refractivity contribution in [3.8, 4) is 11.1 Å². The van der Waals surface area contributed by atoms with Crippen LogP contribution in [0.1, 0.15) is 5.01 Å². The van der Waals surface area contributed by atoms with Crippen LogP contribution in [-0.4, -0.2) is 18.4 Å². The first kappa shape index (κ1) is 17.9. The summed E-state index contributed by atoms with van der Waals surface area (Å²) in [5.74, 6) is 0. The van der Waals surface area contributed by atoms with Crippen LogP contribution < -0.4 is 4.72 Å². The van der Waals surface area contributed by atoms with Crippen LogP contribution in [0.4, 0.5) is 5.69 Å². The van der Waals surface area contributed by atoms with E-state index in [0.717, 1.165) is 26.4 Å². The number of nitrogens with zero attached hydrogens (tertiary/aromatic N) is 2. The molecule has 2 aromatic carbocycles. The second-order valence-corrected chi connectivity index (χ2v) is 9.17. The van der Waals surface area contributed by atoms with Crippen molar-refractivity contribution in [2.24, 2.45) is 0 Å². The van der Waals surface area contributed by atoms with Gasteiger partial charge in [0.05, 0.1) is 25.8 Å². The van der Waals surface area contributed by atoms with Crippen molar-refractivity contribution < 1.29 is 8.42 Å². The Hall–Kier alpha value is -2.48. The second-order valence-electron chi connectivity index (χ2n) is 5.90. The Morgan fingerprint density at radius 3 is 2.59 bits per heavy atom. The first-order valence-corrected chi connectivity index (χ1v) is 10.7. The van der Waals surface area contributed by atoms with E-state index in [9.17, 15) is 8.42 Å². The van der Waals surface area contributed by atoms with Gasteiger partial charge in [0.25, 0.3) is 10.0 Å². The molecule has 0 bridgehead atoms. The molecule has 0 atom stereocenters. The zero-order valence-electron chi connectivity index (χ0n) is 14.2. The standard InChI is InChI=1S/C19H14ClN3O2S2/c1-12-22-16-9-13(7-8-18(16)26-12)14-10-17(19(20)21-11-14)23-27(24,25)15-5-3-2-4-6-15/h2-11,23H,1H3. The van der Waals surface area contributed by atoms with Crippen molar-refractivity contribution >= 4 is 48.9 Å². The molecule has 136 valence electrons. The van der Waals surface area contributed by atoms with Gasteiger partial charge in [-0.25, -0.2) is 18.4 Å². The largest absolute Gasteiger partial charge is 0.276 e. The van der Waals surface area contributed by atoms with E-state index in [1.54, 1.807) is 41.8 Å². The van der Waals surface area contributed by atoms with Gasteiger partial charge in [0.1, 0.15) is 0 Å². The van der Waals surface area contributed by atoms with E-state index in [1.807, 2.05) is 25.1 Å². The number of halogens is 1. The molecule has 0 saturated carbocycles. The van der Waals surface area contributed by atoms with Crippen molar-refractivity contribution in [1.82, 2.24) is 9.97 Å². The number of pyridine rings is 1. The number of hydrogen-bond donors (Lipinski definition) is 1. The summed E-state index contributed by atoms with van der Waals surface area (Å²) in [5.41, 5.74) is 2.76. The lowest BCUT2D eigenvalue weighted by Crippen LogP contribution is -2.13. The number of hydrogen-bond acceptors (Lipinski definition) is 5. The highest BCUT2D eigenvalue weighted by atomic mass is 35.5. The third-order valence-electron chi connectivity index (χ3n) is 3.96. The molecule has 0 radical (unpaired) electrons. The summed E-state index contributed by atoms with van der Waals surface area (Å²) in [5, 5.41) is 1.08. The lowest BCUT2D eigenvalue weighted by Gasteiger charge is -2.11. The van der Waals surface area contributed by atoms with Gasteiger partial charge in [-0.3, -0.25) is 4.72 Å². The number of nitrogens with one attached hydrogen (secondary N) is 1. The molecule has 2 aromatic heterocycles. The molecular weight excluding hydrogens is 402 g/mol. The molecule has 0 saturated heterocycles. The van der Waals surface area contributed by atoms with Crippen LogP contribution in [0, 0.1) is 6.92 Å². The lowest BCUT2D eigenvalue weighted by atomic mass is 10.1. The number of aryl methyl sites for hydroxylation is 1. The molecule has 0 aliphatic rings. The minimum atomic E-state index is -3.75. The van der Waals surface area contributed by atoms with Gasteiger partial charge in [-0.2, -0.15) is 0 Å². The van der Waals surface area contributed by atoms with E-state index >= 15 is 0 Å². The minimum Gasteiger partial charge on any atom is -0.276 e. The zero-order valence-corrected chi connectivity index (χ0v) is 16.6. The number of benzene rings is 2. The number of sulfonamides is 1. The summed E-state index contributed by atoms with van der Waals surface area (Å²) >= 11 is 7.75. The van der Waals surface area contributed by atoms with Crippen molar-refractivity contribution in [2.75, 3.05) is 4.72 Å². The smallest absolute Gasteiger partial charge is 0.261 e. The molecule has 8 heteroatoms. The maximum atomic E-state index is 12.6. The average molecular weight is 416 g/mol. The van der Waals surface area contributed by atoms with Crippen molar-refractivity contribution in [3.63, 3.8) is 0 Å². The number of fused-ring (bicyclic) bond motifs is 1. The Morgan fingerprint density at radius 2 is 1.81 bits per heavy atom. The summed E-state index contributed by atoms with van der Waals surface area (Å²) < 4.78 is 28.8. The van der Waals surface area contributed by atoms with E-state index in [0.29, 0.717) is 0 Å². The van der Waals surface area contributed by atoms with Gasteiger partial charge in [-0.05, 0) is 42.8 Å². The third kappa shape index (κ3) is 3.66. The van der Waals surface area contributed by atoms with Crippen LogP contribution >= 0.6 is 22.9 Å². The molecule has 0 fully saturated rings. The van der Waals surface area contributed by atoms with Gasteiger partial charge >= 0.3 is 0 Å². The fourth-order valence-electron chi connectivity index (χ4n) is 2.70. The molecular formula is C19H14ClN3O2S2. The van der Waals surface area contributed by atoms with Gasteiger partial charge in [0, 0.05) is 11.8 Å². The number of anilines is 1. The van der Waals surface area contributed by atoms with Crippen molar-refractivity contribution in [1.29, 1.82) is 0 Å². The van der Waals surface area contributed by atoms with Crippen LogP contribution in [-0.2, 0) is 10.0 Å². The number of thiazole rings is 1. The predicted octanol–water partition coefficient (Wildman–Crippen LogP) is 5.12. The summed E-state index contributed by atoms with van der Waals surface area (Å²) in [7, 11) is -3.75. The second kappa shape index (κ2) is 6.92. The van der Waals surface area contributed by atoms with Crippen LogP contribution in [0.3, 0.4) is 0 Å². The van der Waals surface area contributed by atoms with E-state index in [-0.39, 0.29) is 15.7 Å². The van der Waals surface area contributed by atoms with E-state index in [1.165, 1.54) is 12.1 Å². The summed E-state index contributed by atoms with van der Waals surface area (Å²) in [6.07, 6.45) is 1.61. The molecule has 1 N–H and O–H groups in total. The van der Waals surface area contributed by atoms with Crippen molar-refractivity contribution in [3.05, 3.63) is 71.0 Å². The Kier molecular flexibility index (Phi) is 4.59. The predicted molar refractivity (Wildman–Crippen MR) is 110 cm³/mol. The quantitative estimate of drug-likeness (QED) is 0.469. The molecule has 0 unspecified atom stereocenters. The van der Waals surface area contributed by atoms with Gasteiger partial charge in [0.2, 0.25) is 0 Å². The summed E-state index contributed by atoms with van der Waals surface area (Å²) in [4.78, 5) is 8.80. The Balaban J connectivity index is 1.72. The Morgan fingerprint density at radius 1 is 1.04 bits per heavy atom. The lowest BCUT2D eigenvalue weighted by molar-refractivity contribution is 0.601. The molecule has 4 aromatic rings. The molecule has 0 aliphatic heterocycles. The Bertz CT molecular complexity index is 1240. The molecule has 0 amide bonds. The summed E-state index contributed by atoms with van der Waals surface area (Å²) in [6, 6.07) is 15.7. The molecule has 0 spiro atoms. The fourth-order valence-corrected chi connectivity index (χ4v) is 4.80. The molecule has 4 rings (SSSR count). The van der Waals surface area contributed by atoms with Gasteiger partial charge < -0.3 is 0 Å². The molecule has 2 heterocycles. The minimum absolute atomic E-state index is 0.0869. The van der Waals surface area contributed by atoms with Crippen LogP contribution in [0.25, 0.3) is 21.3 Å². The number of rotatable bonds is 4. The third-order valence-corrected chi connectivity index (χ3v) is 6.60. The molecule has 5 nitrogen and oxygen atoms in total. The average Bonchev–Trinajstić information content (AvgIpc) is 3.03. The topological polar surface area (TPSA) is 72.0 Å². The zero-order chi connectivity index (χ0) is 19.0.